The van der Waals surface area contributed by atoms with E-state index in [2.05, 4.69) is 9.97 Å². The van der Waals surface area contributed by atoms with Crippen LogP contribution in [0.1, 0.15) is 35.7 Å². The highest BCUT2D eigenvalue weighted by Crippen LogP contribution is 2.32. The molecule has 9 nitrogen and oxygen atoms in total. The number of hydrogen-bond donors (Lipinski definition) is 0. The summed E-state index contributed by atoms with van der Waals surface area (Å²) < 4.78 is 51.7. The first kappa shape index (κ1) is 27.8. The number of carbonyl (C=O) groups is 1. The number of benzene rings is 2. The molecule has 2 aromatic carbocycles. The van der Waals surface area contributed by atoms with Crippen LogP contribution in [0.4, 0.5) is 5.13 Å². The molecule has 2 heterocycles. The van der Waals surface area contributed by atoms with Crippen molar-refractivity contribution in [2.45, 2.75) is 36.1 Å². The van der Waals surface area contributed by atoms with Crippen molar-refractivity contribution in [1.29, 1.82) is 0 Å². The van der Waals surface area contributed by atoms with E-state index in [1.54, 1.807) is 37.6 Å². The smallest absolute Gasteiger partial charge is 0.260 e. The minimum Gasteiger partial charge on any atom is -0.279 e. The fourth-order valence-corrected chi connectivity index (χ4v) is 6.68. The Morgan fingerprint density at radius 3 is 2.34 bits per heavy atom. The van der Waals surface area contributed by atoms with Gasteiger partial charge in [-0.3, -0.25) is 14.7 Å². The van der Waals surface area contributed by atoms with Gasteiger partial charge in [0.1, 0.15) is 0 Å². The number of fused-ring (bicyclic) bond motifs is 1. The maximum atomic E-state index is 13.7. The standard InChI is InChI=1S/C26H28N4O5S3/c1-4-5-15-29(2)38(34,35)21-10-8-20(9-11-21)25(31)30(18-19-7-6-14-27-17-19)26-28-23-13-12-22(37(3,32)33)16-24(23)36-26/h6-14,16-17H,4-5,15,18H2,1-3H3. The van der Waals surface area contributed by atoms with E-state index in [-0.39, 0.29) is 22.2 Å². The minimum absolute atomic E-state index is 0.111. The summed E-state index contributed by atoms with van der Waals surface area (Å²) in [6, 6.07) is 14.1. The highest BCUT2D eigenvalue weighted by molar-refractivity contribution is 7.90. The highest BCUT2D eigenvalue weighted by Gasteiger charge is 2.25. The van der Waals surface area contributed by atoms with Crippen LogP contribution in [-0.4, -0.2) is 56.9 Å². The van der Waals surface area contributed by atoms with Crippen LogP contribution in [0.25, 0.3) is 10.2 Å². The molecule has 2 aromatic heterocycles. The highest BCUT2D eigenvalue weighted by atomic mass is 32.2. The van der Waals surface area contributed by atoms with Gasteiger partial charge in [0.25, 0.3) is 5.91 Å². The molecule has 0 unspecified atom stereocenters. The van der Waals surface area contributed by atoms with Gasteiger partial charge in [0.2, 0.25) is 10.0 Å². The third-order valence-corrected chi connectivity index (χ3v) is 9.97. The van der Waals surface area contributed by atoms with Gasteiger partial charge in [0.05, 0.1) is 26.6 Å². The first-order valence-corrected chi connectivity index (χ1v) is 16.0. The summed E-state index contributed by atoms with van der Waals surface area (Å²) in [6.07, 6.45) is 6.05. The SMILES string of the molecule is CCCCN(C)S(=O)(=O)c1ccc(C(=O)N(Cc2cccnc2)c2nc3ccc(S(C)(=O)=O)cc3s2)cc1. The van der Waals surface area contributed by atoms with Crippen LogP contribution < -0.4 is 4.90 Å². The van der Waals surface area contributed by atoms with Gasteiger partial charge in [0.15, 0.2) is 15.0 Å². The lowest BCUT2D eigenvalue weighted by Crippen LogP contribution is -2.30. The van der Waals surface area contributed by atoms with E-state index >= 15 is 0 Å². The number of aromatic nitrogens is 2. The summed E-state index contributed by atoms with van der Waals surface area (Å²) in [5.74, 6) is -0.375. The van der Waals surface area contributed by atoms with Crippen molar-refractivity contribution in [3.8, 4) is 0 Å². The van der Waals surface area contributed by atoms with Gasteiger partial charge in [0, 0.05) is 37.8 Å². The van der Waals surface area contributed by atoms with Gasteiger partial charge in [-0.15, -0.1) is 0 Å². The summed E-state index contributed by atoms with van der Waals surface area (Å²) in [5, 5.41) is 0.385. The molecule has 200 valence electrons. The number of amides is 1. The fourth-order valence-electron chi connectivity index (χ4n) is 3.75. The molecule has 0 fully saturated rings. The van der Waals surface area contributed by atoms with Crippen molar-refractivity contribution in [3.63, 3.8) is 0 Å². The van der Waals surface area contributed by atoms with Crippen molar-refractivity contribution in [2.75, 3.05) is 24.7 Å². The molecule has 0 atom stereocenters. The van der Waals surface area contributed by atoms with Crippen LogP contribution in [0.5, 0.6) is 0 Å². The molecule has 4 aromatic rings. The zero-order valence-corrected chi connectivity index (χ0v) is 23.7. The Bertz CT molecular complexity index is 1650. The Balaban J connectivity index is 1.69. The number of nitrogens with zero attached hydrogens (tertiary/aromatic N) is 4. The lowest BCUT2D eigenvalue weighted by molar-refractivity contribution is 0.0985. The van der Waals surface area contributed by atoms with Gasteiger partial charge in [-0.05, 0) is 60.5 Å². The minimum atomic E-state index is -3.67. The normalized spacial score (nSPS) is 12.2. The Labute approximate surface area is 226 Å². The summed E-state index contributed by atoms with van der Waals surface area (Å²) in [4.78, 5) is 24.2. The van der Waals surface area contributed by atoms with E-state index in [0.717, 1.165) is 24.7 Å². The molecule has 0 aliphatic rings. The Hall–Kier alpha value is -3.19. The Morgan fingerprint density at radius 2 is 1.71 bits per heavy atom. The molecule has 0 saturated heterocycles. The average Bonchev–Trinajstić information content (AvgIpc) is 3.33. The lowest BCUT2D eigenvalue weighted by Gasteiger charge is -2.20. The molecule has 0 aliphatic heterocycles. The van der Waals surface area contributed by atoms with Crippen molar-refractivity contribution in [3.05, 3.63) is 78.1 Å². The van der Waals surface area contributed by atoms with E-state index in [9.17, 15) is 21.6 Å². The second-order valence-electron chi connectivity index (χ2n) is 8.86. The first-order valence-electron chi connectivity index (χ1n) is 11.9. The lowest BCUT2D eigenvalue weighted by atomic mass is 10.2. The van der Waals surface area contributed by atoms with E-state index in [0.29, 0.717) is 27.5 Å². The summed E-state index contributed by atoms with van der Waals surface area (Å²) >= 11 is 1.20. The number of anilines is 1. The second-order valence-corrected chi connectivity index (χ2v) is 13.9. The van der Waals surface area contributed by atoms with Gasteiger partial charge in [-0.1, -0.05) is 30.7 Å². The predicted octanol–water partition coefficient (Wildman–Crippen LogP) is 4.36. The number of sulfone groups is 1. The molecule has 0 spiro atoms. The van der Waals surface area contributed by atoms with Crippen LogP contribution >= 0.6 is 11.3 Å². The second kappa shape index (κ2) is 11.3. The van der Waals surface area contributed by atoms with Crippen molar-refractivity contribution >= 4 is 52.5 Å². The number of rotatable bonds is 10. The zero-order valence-electron chi connectivity index (χ0n) is 21.2. The molecule has 0 aliphatic carbocycles. The monoisotopic (exact) mass is 572 g/mol. The zero-order chi connectivity index (χ0) is 27.5. The Kier molecular flexibility index (Phi) is 8.26. The number of hydrogen-bond acceptors (Lipinski definition) is 8. The van der Waals surface area contributed by atoms with E-state index in [1.807, 2.05) is 13.0 Å². The van der Waals surface area contributed by atoms with Crippen LogP contribution in [0.3, 0.4) is 0 Å². The molecule has 0 saturated carbocycles. The molecular weight excluding hydrogens is 545 g/mol. The quantitative estimate of drug-likeness (QED) is 0.277. The van der Waals surface area contributed by atoms with Crippen LogP contribution in [0, 0.1) is 0 Å². The predicted molar refractivity (Wildman–Crippen MR) is 149 cm³/mol. The molecule has 0 bridgehead atoms. The number of unbranched alkanes of at least 4 members (excludes halogenated alkanes) is 1. The molecular formula is C26H28N4O5S3. The Morgan fingerprint density at radius 1 is 1.00 bits per heavy atom. The van der Waals surface area contributed by atoms with Gasteiger partial charge in [-0.2, -0.15) is 0 Å². The van der Waals surface area contributed by atoms with Crippen LogP contribution in [0.2, 0.25) is 0 Å². The van der Waals surface area contributed by atoms with Gasteiger partial charge >= 0.3 is 0 Å². The summed E-state index contributed by atoms with van der Waals surface area (Å²) in [5.41, 5.74) is 1.63. The summed E-state index contributed by atoms with van der Waals surface area (Å²) in [6.45, 7) is 2.58. The van der Waals surface area contributed by atoms with E-state index in [4.69, 9.17) is 0 Å². The molecule has 0 N–H and O–H groups in total. The summed E-state index contributed by atoms with van der Waals surface area (Å²) in [7, 11) is -5.53. The van der Waals surface area contributed by atoms with Crippen LogP contribution in [-0.2, 0) is 26.4 Å². The third kappa shape index (κ3) is 6.09. The van der Waals surface area contributed by atoms with E-state index in [1.165, 1.54) is 50.9 Å². The van der Waals surface area contributed by atoms with Crippen molar-refractivity contribution < 1.29 is 21.6 Å². The fraction of sp³-hybridized carbons (Fsp3) is 0.269. The maximum absolute atomic E-state index is 13.7. The molecule has 38 heavy (non-hydrogen) atoms. The molecule has 4 rings (SSSR count). The van der Waals surface area contributed by atoms with Gasteiger partial charge in [-0.25, -0.2) is 26.1 Å². The molecule has 0 radical (unpaired) electrons. The molecule has 1 amide bonds. The first-order chi connectivity index (χ1) is 18.0. The number of pyridine rings is 1. The molecule has 12 heteroatoms. The topological polar surface area (TPSA) is 118 Å². The number of sulfonamides is 1. The third-order valence-electron chi connectivity index (χ3n) is 5.95. The van der Waals surface area contributed by atoms with Gasteiger partial charge < -0.3 is 0 Å². The van der Waals surface area contributed by atoms with Crippen molar-refractivity contribution in [1.82, 2.24) is 14.3 Å². The number of carbonyl (C=O) groups excluding carboxylic acids is 1. The van der Waals surface area contributed by atoms with Crippen molar-refractivity contribution in [2.24, 2.45) is 0 Å². The number of thiazole rings is 1. The van der Waals surface area contributed by atoms with Crippen LogP contribution in [0.15, 0.2) is 76.8 Å². The van der Waals surface area contributed by atoms with E-state index < -0.39 is 19.9 Å². The maximum Gasteiger partial charge on any atom is 0.260 e. The largest absolute Gasteiger partial charge is 0.279 e. The average molecular weight is 573 g/mol.